The predicted molar refractivity (Wildman–Crippen MR) is 76.1 cm³/mol. The van der Waals surface area contributed by atoms with Crippen molar-refractivity contribution in [2.75, 3.05) is 11.5 Å². The predicted octanol–water partition coefficient (Wildman–Crippen LogP) is 2.50. The summed E-state index contributed by atoms with van der Waals surface area (Å²) in [5, 5.41) is 0.102. The van der Waals surface area contributed by atoms with Crippen LogP contribution in [0.3, 0.4) is 0 Å². The van der Waals surface area contributed by atoms with Crippen LogP contribution in [0.25, 0.3) is 17.1 Å². The third kappa shape index (κ3) is 2.87. The Bertz CT molecular complexity index is 610. The summed E-state index contributed by atoms with van der Waals surface area (Å²) < 4.78 is 0. The van der Waals surface area contributed by atoms with Gasteiger partial charge in [0.1, 0.15) is 0 Å². The van der Waals surface area contributed by atoms with E-state index in [1.54, 1.807) is 19.3 Å². The Morgan fingerprint density at radius 2 is 2.17 bits per heavy atom. The number of carbonyl (C=O) groups excluding carboxylic acids is 1. The van der Waals surface area contributed by atoms with Gasteiger partial charge in [0.15, 0.2) is 5.12 Å². The van der Waals surface area contributed by atoms with E-state index in [9.17, 15) is 4.79 Å². The molecule has 0 amide bonds. The Kier molecular flexibility index (Phi) is 3.94. The van der Waals surface area contributed by atoms with Crippen LogP contribution in [0.15, 0.2) is 30.6 Å². The maximum atomic E-state index is 10.8. The number of benzene rings is 1. The zero-order valence-corrected chi connectivity index (χ0v) is 10.8. The fourth-order valence-electron chi connectivity index (χ4n) is 1.58. The largest absolute Gasteiger partial charge is 0.398 e. The molecule has 0 unspecified atom stereocenters. The minimum Gasteiger partial charge on any atom is -0.398 e. The van der Waals surface area contributed by atoms with Gasteiger partial charge in [0.25, 0.3) is 0 Å². The van der Waals surface area contributed by atoms with E-state index in [4.69, 9.17) is 5.73 Å². The number of rotatable bonds is 3. The number of thioether (sulfide) groups is 1. The summed E-state index contributed by atoms with van der Waals surface area (Å²) in [6.45, 7) is 1.55. The van der Waals surface area contributed by atoms with E-state index in [1.165, 1.54) is 11.8 Å². The van der Waals surface area contributed by atoms with Crippen molar-refractivity contribution >= 4 is 39.7 Å². The van der Waals surface area contributed by atoms with Crippen molar-refractivity contribution in [1.29, 1.82) is 0 Å². The lowest BCUT2D eigenvalue weighted by molar-refractivity contribution is -0.109. The van der Waals surface area contributed by atoms with Crippen molar-refractivity contribution < 1.29 is 4.79 Å². The molecule has 0 saturated heterocycles. The van der Waals surface area contributed by atoms with Gasteiger partial charge in [0, 0.05) is 36.3 Å². The highest BCUT2D eigenvalue weighted by Gasteiger charge is 2.04. The molecule has 0 atom stereocenters. The monoisotopic (exact) mass is 259 g/mol. The molecule has 0 spiro atoms. The number of hydrogen-bond acceptors (Lipinski definition) is 5. The number of fused-ring (bicyclic) bond motifs is 1. The van der Waals surface area contributed by atoms with Gasteiger partial charge < -0.3 is 5.73 Å². The molecule has 0 aliphatic heterocycles. The number of nitrogens with two attached hydrogens (primary N) is 1. The van der Waals surface area contributed by atoms with Crippen LogP contribution in [0, 0.1) is 0 Å². The molecule has 1 heterocycles. The second kappa shape index (κ2) is 5.64. The third-order valence-corrected chi connectivity index (χ3v) is 3.15. The Morgan fingerprint density at radius 3 is 2.94 bits per heavy atom. The van der Waals surface area contributed by atoms with E-state index in [0.29, 0.717) is 11.4 Å². The molecule has 0 saturated carbocycles. The molecule has 0 aliphatic carbocycles. The molecule has 1 aromatic heterocycles. The lowest BCUT2D eigenvalue weighted by atomic mass is 10.1. The SMILES string of the molecule is CC(=O)SCC=Cc1c(N)ccc2nccnc12. The Hall–Kier alpha value is -1.88. The molecule has 0 fully saturated rings. The van der Waals surface area contributed by atoms with Gasteiger partial charge in [-0.25, -0.2) is 0 Å². The van der Waals surface area contributed by atoms with Gasteiger partial charge in [-0.3, -0.25) is 14.8 Å². The Morgan fingerprint density at radius 1 is 1.39 bits per heavy atom. The highest BCUT2D eigenvalue weighted by molar-refractivity contribution is 8.13. The first-order chi connectivity index (χ1) is 8.68. The van der Waals surface area contributed by atoms with Crippen molar-refractivity contribution in [3.8, 4) is 0 Å². The molecule has 92 valence electrons. The fourth-order valence-corrected chi connectivity index (χ4v) is 2.01. The zero-order chi connectivity index (χ0) is 13.0. The number of carbonyl (C=O) groups is 1. The van der Waals surface area contributed by atoms with Crippen LogP contribution in [0.5, 0.6) is 0 Å². The average Bonchev–Trinajstić information content (AvgIpc) is 2.36. The van der Waals surface area contributed by atoms with Crippen molar-refractivity contribution in [2.24, 2.45) is 0 Å². The number of aromatic nitrogens is 2. The van der Waals surface area contributed by atoms with Gasteiger partial charge in [-0.2, -0.15) is 0 Å². The highest BCUT2D eigenvalue weighted by Crippen LogP contribution is 2.22. The molecule has 0 radical (unpaired) electrons. The van der Waals surface area contributed by atoms with E-state index in [0.717, 1.165) is 16.6 Å². The molecule has 4 nitrogen and oxygen atoms in total. The first kappa shape index (κ1) is 12.6. The van der Waals surface area contributed by atoms with Crippen LogP contribution in [0.4, 0.5) is 5.69 Å². The molecule has 18 heavy (non-hydrogen) atoms. The van der Waals surface area contributed by atoms with E-state index < -0.39 is 0 Å². The number of anilines is 1. The van der Waals surface area contributed by atoms with Gasteiger partial charge in [0.2, 0.25) is 0 Å². The lowest BCUT2D eigenvalue weighted by Gasteiger charge is -2.04. The molecule has 5 heteroatoms. The van der Waals surface area contributed by atoms with E-state index in [2.05, 4.69) is 9.97 Å². The number of nitrogen functional groups attached to an aromatic ring is 1. The van der Waals surface area contributed by atoms with E-state index in [1.807, 2.05) is 24.3 Å². The van der Waals surface area contributed by atoms with Crippen molar-refractivity contribution in [1.82, 2.24) is 9.97 Å². The van der Waals surface area contributed by atoms with Crippen LogP contribution in [-0.4, -0.2) is 20.8 Å². The molecule has 2 aromatic rings. The normalized spacial score (nSPS) is 11.2. The summed E-state index contributed by atoms with van der Waals surface area (Å²) in [7, 11) is 0. The van der Waals surface area contributed by atoms with Gasteiger partial charge in [-0.1, -0.05) is 23.9 Å². The first-order valence-corrected chi connectivity index (χ1v) is 6.46. The molecule has 1 aromatic carbocycles. The summed E-state index contributed by atoms with van der Waals surface area (Å²) >= 11 is 1.26. The van der Waals surface area contributed by atoms with Crippen LogP contribution in [-0.2, 0) is 4.79 Å². The summed E-state index contributed by atoms with van der Waals surface area (Å²) in [5.41, 5.74) is 9.04. The lowest BCUT2D eigenvalue weighted by Crippen LogP contribution is -1.93. The Labute approximate surface area is 109 Å². The fraction of sp³-hybridized carbons (Fsp3) is 0.154. The molecular formula is C13H13N3OS. The topological polar surface area (TPSA) is 68.9 Å². The minimum absolute atomic E-state index is 0.102. The number of nitrogens with zero attached hydrogens (tertiary/aromatic N) is 2. The van der Waals surface area contributed by atoms with Gasteiger partial charge >= 0.3 is 0 Å². The molecular weight excluding hydrogens is 246 g/mol. The quantitative estimate of drug-likeness (QED) is 0.858. The summed E-state index contributed by atoms with van der Waals surface area (Å²) in [6, 6.07) is 3.66. The second-order valence-corrected chi connectivity index (χ2v) is 4.89. The molecule has 2 rings (SSSR count). The highest BCUT2D eigenvalue weighted by atomic mass is 32.2. The summed E-state index contributed by atoms with van der Waals surface area (Å²) in [4.78, 5) is 19.3. The van der Waals surface area contributed by atoms with E-state index in [-0.39, 0.29) is 5.12 Å². The van der Waals surface area contributed by atoms with Gasteiger partial charge in [0.05, 0.1) is 11.0 Å². The smallest absolute Gasteiger partial charge is 0.186 e. The maximum absolute atomic E-state index is 10.8. The van der Waals surface area contributed by atoms with Crippen molar-refractivity contribution in [3.63, 3.8) is 0 Å². The minimum atomic E-state index is 0.102. The molecule has 2 N–H and O–H groups in total. The standard InChI is InChI=1S/C13H13N3OS/c1-9(17)18-8-2-3-10-11(14)4-5-12-13(10)16-7-6-15-12/h2-7H,8,14H2,1H3. The Balaban J connectivity index is 2.31. The molecule has 0 aliphatic rings. The zero-order valence-electron chi connectivity index (χ0n) is 9.96. The van der Waals surface area contributed by atoms with Crippen molar-refractivity contribution in [3.05, 3.63) is 36.2 Å². The average molecular weight is 259 g/mol. The number of hydrogen-bond donors (Lipinski definition) is 1. The van der Waals surface area contributed by atoms with Crippen LogP contribution >= 0.6 is 11.8 Å². The molecule has 0 bridgehead atoms. The van der Waals surface area contributed by atoms with E-state index >= 15 is 0 Å². The van der Waals surface area contributed by atoms with Crippen LogP contribution < -0.4 is 5.73 Å². The van der Waals surface area contributed by atoms with Gasteiger partial charge in [-0.05, 0) is 12.1 Å². The van der Waals surface area contributed by atoms with Crippen LogP contribution in [0.1, 0.15) is 12.5 Å². The summed E-state index contributed by atoms with van der Waals surface area (Å²) in [6.07, 6.45) is 7.09. The maximum Gasteiger partial charge on any atom is 0.186 e. The third-order valence-electron chi connectivity index (χ3n) is 2.38. The second-order valence-electron chi connectivity index (χ2n) is 3.70. The summed E-state index contributed by atoms with van der Waals surface area (Å²) in [5.74, 6) is 0.630. The van der Waals surface area contributed by atoms with Crippen LogP contribution in [0.2, 0.25) is 0 Å². The van der Waals surface area contributed by atoms with Crippen molar-refractivity contribution in [2.45, 2.75) is 6.92 Å². The first-order valence-electron chi connectivity index (χ1n) is 5.47. The van der Waals surface area contributed by atoms with Gasteiger partial charge in [-0.15, -0.1) is 0 Å².